The largest absolute Gasteiger partial charge is 0.497 e. The number of piperazine rings is 1. The van der Waals surface area contributed by atoms with Gasteiger partial charge in [-0.2, -0.15) is 0 Å². The van der Waals surface area contributed by atoms with Crippen molar-refractivity contribution >= 4 is 0 Å². The van der Waals surface area contributed by atoms with Crippen molar-refractivity contribution in [1.29, 1.82) is 0 Å². The van der Waals surface area contributed by atoms with Crippen LogP contribution < -0.4 is 4.74 Å². The Hall–Kier alpha value is -2.63. The first-order valence-electron chi connectivity index (χ1n) is 9.72. The molecular formula is C23H27N3O2. The molecule has 0 bridgehead atoms. The summed E-state index contributed by atoms with van der Waals surface area (Å²) in [6.07, 6.45) is 0. The van der Waals surface area contributed by atoms with E-state index in [9.17, 15) is 0 Å². The van der Waals surface area contributed by atoms with Crippen LogP contribution in [-0.4, -0.2) is 48.6 Å². The molecule has 0 radical (unpaired) electrons. The molecule has 28 heavy (non-hydrogen) atoms. The van der Waals surface area contributed by atoms with Gasteiger partial charge in [-0.1, -0.05) is 30.3 Å². The molecule has 5 heteroatoms. The first-order valence-corrected chi connectivity index (χ1v) is 9.72. The lowest BCUT2D eigenvalue weighted by atomic mass is 10.0. The number of likely N-dealkylation sites (N-methyl/N-ethyl adjacent to an activating group) is 1. The van der Waals surface area contributed by atoms with Crippen LogP contribution in [0.1, 0.15) is 23.1 Å². The molecule has 1 aromatic heterocycles. The van der Waals surface area contributed by atoms with Gasteiger partial charge in [0.05, 0.1) is 12.8 Å². The highest BCUT2D eigenvalue weighted by atomic mass is 16.5. The fourth-order valence-corrected chi connectivity index (χ4v) is 3.75. The number of hydrogen-bond donors (Lipinski definition) is 0. The third-order valence-corrected chi connectivity index (χ3v) is 5.52. The molecule has 0 amide bonds. The van der Waals surface area contributed by atoms with Crippen molar-refractivity contribution in [3.05, 3.63) is 71.6 Å². The molecule has 0 saturated carbocycles. The smallest absolute Gasteiger partial charge is 0.226 e. The Morgan fingerprint density at radius 1 is 1.07 bits per heavy atom. The van der Waals surface area contributed by atoms with Gasteiger partial charge in [-0.3, -0.25) is 9.80 Å². The van der Waals surface area contributed by atoms with Gasteiger partial charge < -0.3 is 9.15 Å². The minimum Gasteiger partial charge on any atom is -0.497 e. The summed E-state index contributed by atoms with van der Waals surface area (Å²) in [6.45, 7) is 5.87. The van der Waals surface area contributed by atoms with Gasteiger partial charge >= 0.3 is 0 Å². The lowest BCUT2D eigenvalue weighted by molar-refractivity contribution is 0.0894. The van der Waals surface area contributed by atoms with Crippen molar-refractivity contribution in [2.45, 2.75) is 19.5 Å². The van der Waals surface area contributed by atoms with Crippen molar-refractivity contribution in [2.75, 3.05) is 33.8 Å². The zero-order valence-corrected chi connectivity index (χ0v) is 16.8. The van der Waals surface area contributed by atoms with Crippen LogP contribution in [0, 0.1) is 6.92 Å². The van der Waals surface area contributed by atoms with E-state index in [0.717, 1.165) is 48.9 Å². The Balaban J connectivity index is 1.48. The number of aromatic nitrogens is 1. The van der Waals surface area contributed by atoms with E-state index in [0.29, 0.717) is 11.9 Å². The highest BCUT2D eigenvalue weighted by molar-refractivity contribution is 5.55. The number of hydrogen-bond acceptors (Lipinski definition) is 5. The van der Waals surface area contributed by atoms with Gasteiger partial charge in [0.15, 0.2) is 0 Å². The lowest BCUT2D eigenvalue weighted by Gasteiger charge is -2.39. The lowest BCUT2D eigenvalue weighted by Crippen LogP contribution is -2.46. The van der Waals surface area contributed by atoms with E-state index in [-0.39, 0.29) is 0 Å². The first-order chi connectivity index (χ1) is 13.6. The Kier molecular flexibility index (Phi) is 5.46. The van der Waals surface area contributed by atoms with Crippen LogP contribution in [0.15, 0.2) is 59.0 Å². The predicted molar refractivity (Wildman–Crippen MR) is 110 cm³/mol. The topological polar surface area (TPSA) is 41.7 Å². The molecule has 4 rings (SSSR count). The molecule has 1 atom stereocenters. The number of aryl methyl sites for hydroxylation is 1. The molecule has 1 aliphatic heterocycles. The number of oxazole rings is 1. The first kappa shape index (κ1) is 18.7. The van der Waals surface area contributed by atoms with Crippen LogP contribution in [0.3, 0.4) is 0 Å². The maximum Gasteiger partial charge on any atom is 0.226 e. The molecule has 1 fully saturated rings. The quantitative estimate of drug-likeness (QED) is 0.668. The predicted octanol–water partition coefficient (Wildman–Crippen LogP) is 4.15. The third-order valence-electron chi connectivity index (χ3n) is 5.52. The van der Waals surface area contributed by atoms with Crippen LogP contribution >= 0.6 is 0 Å². The molecule has 0 spiro atoms. The minimum atomic E-state index is 0.406. The van der Waals surface area contributed by atoms with Gasteiger partial charge in [-0.25, -0.2) is 4.98 Å². The van der Waals surface area contributed by atoms with Crippen LogP contribution in [0.25, 0.3) is 11.5 Å². The van der Waals surface area contributed by atoms with Crippen molar-refractivity contribution in [3.63, 3.8) is 0 Å². The van der Waals surface area contributed by atoms with Gasteiger partial charge in [0.25, 0.3) is 0 Å². The van der Waals surface area contributed by atoms with Gasteiger partial charge in [-0.15, -0.1) is 0 Å². The molecule has 146 valence electrons. The Labute approximate surface area is 166 Å². The molecule has 2 aromatic carbocycles. The zero-order valence-electron chi connectivity index (χ0n) is 16.8. The van der Waals surface area contributed by atoms with Gasteiger partial charge in [0.2, 0.25) is 5.89 Å². The molecule has 1 aliphatic rings. The van der Waals surface area contributed by atoms with Gasteiger partial charge in [-0.05, 0) is 43.8 Å². The van der Waals surface area contributed by atoms with E-state index in [1.54, 1.807) is 7.11 Å². The Bertz CT molecular complexity index is 905. The van der Waals surface area contributed by atoms with Crippen molar-refractivity contribution in [2.24, 2.45) is 0 Å². The van der Waals surface area contributed by atoms with Crippen LogP contribution in [0.2, 0.25) is 0 Å². The summed E-state index contributed by atoms with van der Waals surface area (Å²) in [5.74, 6) is 2.39. The molecule has 0 unspecified atom stereocenters. The standard InChI is InChI=1S/C23H27N3O2/c1-17-21(24-23(28-17)19-9-11-20(27-3)12-10-19)15-26-14-13-25(2)22(16-26)18-7-5-4-6-8-18/h4-12,22H,13-16H2,1-3H3/t22-/m0/s1. The number of benzene rings is 2. The molecule has 2 heterocycles. The summed E-state index contributed by atoms with van der Waals surface area (Å²) >= 11 is 0. The molecule has 0 aliphatic carbocycles. The molecule has 0 N–H and O–H groups in total. The summed E-state index contributed by atoms with van der Waals surface area (Å²) in [5, 5.41) is 0. The van der Waals surface area contributed by atoms with Crippen molar-refractivity contribution in [3.8, 4) is 17.2 Å². The maximum absolute atomic E-state index is 5.96. The average molecular weight is 377 g/mol. The van der Waals surface area contributed by atoms with E-state index >= 15 is 0 Å². The van der Waals surface area contributed by atoms with Crippen molar-refractivity contribution in [1.82, 2.24) is 14.8 Å². The molecule has 3 aromatic rings. The fourth-order valence-electron chi connectivity index (χ4n) is 3.75. The highest BCUT2D eigenvalue weighted by Crippen LogP contribution is 2.27. The van der Waals surface area contributed by atoms with E-state index < -0.39 is 0 Å². The van der Waals surface area contributed by atoms with E-state index in [4.69, 9.17) is 14.1 Å². The normalized spacial score (nSPS) is 18.3. The molecule has 5 nitrogen and oxygen atoms in total. The van der Waals surface area contributed by atoms with Crippen LogP contribution in [-0.2, 0) is 6.54 Å². The summed E-state index contributed by atoms with van der Waals surface area (Å²) in [4.78, 5) is 9.69. The second kappa shape index (κ2) is 8.17. The highest BCUT2D eigenvalue weighted by Gasteiger charge is 2.26. The maximum atomic E-state index is 5.96. The SMILES string of the molecule is COc1ccc(-c2nc(CN3CCN(C)[C@H](c4ccccc4)C3)c(C)o2)cc1. The number of ether oxygens (including phenoxy) is 1. The average Bonchev–Trinajstić information content (AvgIpc) is 3.10. The third kappa shape index (κ3) is 3.96. The van der Waals surface area contributed by atoms with E-state index in [2.05, 4.69) is 47.2 Å². The monoisotopic (exact) mass is 377 g/mol. The fraction of sp³-hybridized carbons (Fsp3) is 0.348. The van der Waals surface area contributed by atoms with E-state index in [1.807, 2.05) is 31.2 Å². The summed E-state index contributed by atoms with van der Waals surface area (Å²) < 4.78 is 11.2. The Morgan fingerprint density at radius 3 is 2.54 bits per heavy atom. The molecule has 1 saturated heterocycles. The summed E-state index contributed by atoms with van der Waals surface area (Å²) in [6, 6.07) is 19.0. The zero-order chi connectivity index (χ0) is 19.5. The Morgan fingerprint density at radius 2 is 1.82 bits per heavy atom. The summed E-state index contributed by atoms with van der Waals surface area (Å²) in [5.41, 5.74) is 3.35. The molecular weight excluding hydrogens is 350 g/mol. The minimum absolute atomic E-state index is 0.406. The van der Waals surface area contributed by atoms with Crippen LogP contribution in [0.5, 0.6) is 5.75 Å². The van der Waals surface area contributed by atoms with E-state index in [1.165, 1.54) is 5.56 Å². The van der Waals surface area contributed by atoms with Gasteiger partial charge in [0, 0.05) is 37.8 Å². The van der Waals surface area contributed by atoms with Crippen molar-refractivity contribution < 1.29 is 9.15 Å². The summed E-state index contributed by atoms with van der Waals surface area (Å²) in [7, 11) is 3.87. The second-order valence-corrected chi connectivity index (χ2v) is 7.39. The van der Waals surface area contributed by atoms with Crippen LogP contribution in [0.4, 0.5) is 0 Å². The second-order valence-electron chi connectivity index (χ2n) is 7.39. The van der Waals surface area contributed by atoms with Gasteiger partial charge in [0.1, 0.15) is 11.5 Å². The number of rotatable bonds is 5. The number of methoxy groups -OCH3 is 1. The number of nitrogens with zero attached hydrogens (tertiary/aromatic N) is 3.